The molecule has 2 fully saturated rings. The maximum atomic E-state index is 12.3. The fourth-order valence-corrected chi connectivity index (χ4v) is 3.88. The first-order chi connectivity index (χ1) is 9.61. The molecule has 0 unspecified atom stereocenters. The molecule has 1 heterocycles. The molecule has 20 heavy (non-hydrogen) atoms. The second-order valence-electron chi connectivity index (χ2n) is 5.94. The first-order valence-corrected chi connectivity index (χ1v) is 6.88. The maximum absolute atomic E-state index is 12.3. The molecule has 1 saturated heterocycles. The fourth-order valence-electron chi connectivity index (χ4n) is 3.88. The zero-order valence-corrected chi connectivity index (χ0v) is 11.1. The van der Waals surface area contributed by atoms with Crippen LogP contribution in [0.5, 0.6) is 0 Å². The molecule has 1 N–H and O–H groups in total. The normalized spacial score (nSPS) is 40.0. The van der Waals surface area contributed by atoms with Gasteiger partial charge in [0.1, 0.15) is 5.60 Å². The largest absolute Gasteiger partial charge is 0.454 e. The number of esters is 1. The lowest BCUT2D eigenvalue weighted by molar-refractivity contribution is -0.135. The van der Waals surface area contributed by atoms with E-state index in [1.54, 1.807) is 12.1 Å². The average molecular weight is 269 g/mol. The molecule has 1 aromatic rings. The number of ether oxygens (including phenoxy) is 1. The predicted molar refractivity (Wildman–Crippen MR) is 71.8 cm³/mol. The van der Waals surface area contributed by atoms with Crippen molar-refractivity contribution >= 4 is 11.9 Å². The van der Waals surface area contributed by atoms with Crippen molar-refractivity contribution in [3.05, 3.63) is 48.0 Å². The number of nitrogens with one attached hydrogen (secondary N) is 1. The molecule has 4 rings (SSSR count). The lowest BCUT2D eigenvalue weighted by atomic mass is 9.81. The highest BCUT2D eigenvalue weighted by Gasteiger charge is 2.68. The molecule has 0 radical (unpaired) electrons. The number of hydrogen-bond acceptors (Lipinski definition) is 3. The smallest absolute Gasteiger partial charge is 0.338 e. The third-order valence-corrected chi connectivity index (χ3v) is 4.94. The van der Waals surface area contributed by atoms with E-state index in [0.29, 0.717) is 5.56 Å². The molecule has 4 heteroatoms. The van der Waals surface area contributed by atoms with Crippen LogP contribution in [0.3, 0.4) is 0 Å². The van der Waals surface area contributed by atoms with E-state index in [9.17, 15) is 9.59 Å². The third-order valence-electron chi connectivity index (χ3n) is 4.94. The van der Waals surface area contributed by atoms with Crippen molar-refractivity contribution in [2.24, 2.45) is 17.8 Å². The van der Waals surface area contributed by atoms with Crippen molar-refractivity contribution in [3.8, 4) is 0 Å². The van der Waals surface area contributed by atoms with E-state index in [-0.39, 0.29) is 35.7 Å². The number of rotatable bonds is 2. The van der Waals surface area contributed by atoms with Gasteiger partial charge in [-0.15, -0.1) is 0 Å². The number of fused-ring (bicyclic) bond motifs is 5. The number of hydrogen-bond donors (Lipinski definition) is 1. The summed E-state index contributed by atoms with van der Waals surface area (Å²) in [6.45, 7) is 1.94. The van der Waals surface area contributed by atoms with E-state index in [4.69, 9.17) is 4.74 Å². The van der Waals surface area contributed by atoms with Crippen molar-refractivity contribution in [2.75, 3.05) is 0 Å². The van der Waals surface area contributed by atoms with E-state index < -0.39 is 5.60 Å². The monoisotopic (exact) mass is 269 g/mol. The van der Waals surface area contributed by atoms with Crippen LogP contribution in [-0.4, -0.2) is 23.5 Å². The van der Waals surface area contributed by atoms with Crippen LogP contribution >= 0.6 is 0 Å². The van der Waals surface area contributed by atoms with Gasteiger partial charge < -0.3 is 10.1 Å². The highest BCUT2D eigenvalue weighted by molar-refractivity contribution is 5.91. The molecular formula is C16H15NO3. The minimum absolute atomic E-state index is 0.00101. The van der Waals surface area contributed by atoms with Crippen LogP contribution in [0.25, 0.3) is 0 Å². The van der Waals surface area contributed by atoms with E-state index in [2.05, 4.69) is 11.4 Å². The highest BCUT2D eigenvalue weighted by Crippen LogP contribution is 2.56. The Balaban J connectivity index is 1.61. The highest BCUT2D eigenvalue weighted by atomic mass is 16.6. The Kier molecular flexibility index (Phi) is 2.18. The molecule has 3 aliphatic rings. The molecule has 4 nitrogen and oxygen atoms in total. The average Bonchev–Trinajstić information content (AvgIpc) is 2.83. The Bertz CT molecular complexity index is 624. The van der Waals surface area contributed by atoms with Gasteiger partial charge in [0.2, 0.25) is 5.91 Å². The lowest BCUT2D eigenvalue weighted by Crippen LogP contribution is -2.59. The van der Waals surface area contributed by atoms with Crippen LogP contribution in [0.15, 0.2) is 42.5 Å². The molecule has 1 amide bonds. The number of amides is 1. The zero-order chi connectivity index (χ0) is 13.9. The second kappa shape index (κ2) is 3.72. The van der Waals surface area contributed by atoms with Gasteiger partial charge in [-0.2, -0.15) is 0 Å². The summed E-state index contributed by atoms with van der Waals surface area (Å²) in [5.74, 6) is -0.185. The summed E-state index contributed by atoms with van der Waals surface area (Å²) < 4.78 is 5.81. The number of carbonyl (C=O) groups is 2. The fraction of sp³-hybridized carbons (Fsp3) is 0.375. The first kappa shape index (κ1) is 11.7. The van der Waals surface area contributed by atoms with Crippen molar-refractivity contribution in [1.29, 1.82) is 0 Å². The van der Waals surface area contributed by atoms with Gasteiger partial charge in [0, 0.05) is 11.8 Å². The van der Waals surface area contributed by atoms with E-state index in [0.717, 1.165) is 0 Å². The summed E-state index contributed by atoms with van der Waals surface area (Å²) >= 11 is 0. The maximum Gasteiger partial charge on any atom is 0.338 e. The van der Waals surface area contributed by atoms with Gasteiger partial charge in [0.05, 0.1) is 17.5 Å². The van der Waals surface area contributed by atoms with Gasteiger partial charge in [0.25, 0.3) is 0 Å². The van der Waals surface area contributed by atoms with Crippen LogP contribution in [0, 0.1) is 17.8 Å². The summed E-state index contributed by atoms with van der Waals surface area (Å²) in [6, 6.07) is 9.11. The summed E-state index contributed by atoms with van der Waals surface area (Å²) in [4.78, 5) is 23.9. The first-order valence-electron chi connectivity index (χ1n) is 6.88. The molecule has 5 atom stereocenters. The lowest BCUT2D eigenvalue weighted by Gasteiger charge is -2.36. The molecule has 1 aromatic carbocycles. The van der Waals surface area contributed by atoms with Gasteiger partial charge in [0.15, 0.2) is 0 Å². The van der Waals surface area contributed by atoms with Crippen molar-refractivity contribution in [1.82, 2.24) is 5.32 Å². The molecule has 102 valence electrons. The van der Waals surface area contributed by atoms with Gasteiger partial charge in [-0.05, 0) is 19.1 Å². The molecule has 2 aliphatic carbocycles. The predicted octanol–water partition coefficient (Wildman–Crippen LogP) is 1.53. The molecular weight excluding hydrogens is 254 g/mol. The Labute approximate surface area is 116 Å². The number of β-lactam (4-membered cyclic amide) rings is 1. The molecule has 0 spiro atoms. The Morgan fingerprint density at radius 1 is 1.20 bits per heavy atom. The van der Waals surface area contributed by atoms with E-state index in [1.807, 2.05) is 31.2 Å². The Morgan fingerprint density at radius 2 is 1.90 bits per heavy atom. The van der Waals surface area contributed by atoms with Crippen LogP contribution in [0.4, 0.5) is 0 Å². The molecule has 1 saturated carbocycles. The van der Waals surface area contributed by atoms with Gasteiger partial charge in [-0.3, -0.25) is 4.79 Å². The molecule has 2 bridgehead atoms. The standard InChI is InChI=1S/C16H15NO3/c1-16(20-15(19)9-5-3-2-4-6-9)10-7-8-11(16)13-12(10)14(18)17-13/h2-8,10-13H,1H3,(H,17,18)/t10-,11-,12-,13+,16+/m0/s1. The van der Waals surface area contributed by atoms with Crippen LogP contribution in [-0.2, 0) is 9.53 Å². The van der Waals surface area contributed by atoms with Crippen LogP contribution in [0.1, 0.15) is 17.3 Å². The SMILES string of the molecule is C[C@]1(OC(=O)c2ccccc2)[C@H]2C=C[C@H]1[C@@H]1C(=O)N[C@@H]12. The number of carbonyl (C=O) groups excluding carboxylic acids is 2. The van der Waals surface area contributed by atoms with E-state index in [1.165, 1.54) is 0 Å². The zero-order valence-electron chi connectivity index (χ0n) is 11.1. The van der Waals surface area contributed by atoms with Crippen LogP contribution < -0.4 is 5.32 Å². The van der Waals surface area contributed by atoms with Gasteiger partial charge >= 0.3 is 5.97 Å². The molecule has 1 aliphatic heterocycles. The minimum Gasteiger partial charge on any atom is -0.454 e. The summed E-state index contributed by atoms with van der Waals surface area (Å²) in [5.41, 5.74) is -0.0619. The van der Waals surface area contributed by atoms with E-state index >= 15 is 0 Å². The molecule has 0 aromatic heterocycles. The second-order valence-corrected chi connectivity index (χ2v) is 5.94. The minimum atomic E-state index is -0.610. The quantitative estimate of drug-likeness (QED) is 0.503. The van der Waals surface area contributed by atoms with Gasteiger partial charge in [-0.1, -0.05) is 30.4 Å². The third kappa shape index (κ3) is 1.31. The van der Waals surface area contributed by atoms with Crippen LogP contribution in [0.2, 0.25) is 0 Å². The summed E-state index contributed by atoms with van der Waals surface area (Å²) in [7, 11) is 0. The van der Waals surface area contributed by atoms with Crippen molar-refractivity contribution in [3.63, 3.8) is 0 Å². The number of benzene rings is 1. The Hall–Kier alpha value is -2.10. The summed E-state index contributed by atoms with van der Waals surface area (Å²) in [5, 5.41) is 2.92. The van der Waals surface area contributed by atoms with Crippen molar-refractivity contribution < 1.29 is 14.3 Å². The Morgan fingerprint density at radius 3 is 2.55 bits per heavy atom. The van der Waals surface area contributed by atoms with Crippen molar-refractivity contribution in [2.45, 2.75) is 18.6 Å². The topological polar surface area (TPSA) is 55.4 Å². The van der Waals surface area contributed by atoms with Gasteiger partial charge in [-0.25, -0.2) is 4.79 Å². The summed E-state index contributed by atoms with van der Waals surface area (Å²) in [6.07, 6.45) is 4.10.